The molecule has 0 aromatic heterocycles. The van der Waals surface area contributed by atoms with Gasteiger partial charge in [0.05, 0.1) is 12.7 Å². The molecule has 0 amide bonds. The average molecular weight is 255 g/mol. The van der Waals surface area contributed by atoms with Gasteiger partial charge in [0.15, 0.2) is 0 Å². The summed E-state index contributed by atoms with van der Waals surface area (Å²) in [5.74, 6) is 1.22. The number of para-hydroxylation sites is 1. The van der Waals surface area contributed by atoms with E-state index in [-0.39, 0.29) is 6.61 Å². The molecule has 0 radical (unpaired) electrons. The van der Waals surface area contributed by atoms with Crippen LogP contribution in [0.5, 0.6) is 11.5 Å². The molecule has 4 heteroatoms. The Morgan fingerprint density at radius 2 is 1.89 bits per heavy atom. The lowest BCUT2D eigenvalue weighted by atomic mass is 10.1. The zero-order chi connectivity index (χ0) is 13.5. The highest BCUT2D eigenvalue weighted by Gasteiger charge is 2.06. The number of rotatable bonds is 5. The van der Waals surface area contributed by atoms with Gasteiger partial charge < -0.3 is 4.74 Å². The zero-order valence-electron chi connectivity index (χ0n) is 10.5. The molecule has 4 nitrogen and oxygen atoms in total. The number of hydrogen-bond donors (Lipinski definition) is 0. The van der Waals surface area contributed by atoms with Crippen molar-refractivity contribution in [3.63, 3.8) is 0 Å². The van der Waals surface area contributed by atoms with Gasteiger partial charge in [-0.25, -0.2) is 9.78 Å². The first-order chi connectivity index (χ1) is 9.33. The SMILES string of the molecule is COOCc1ccc(Oc2ccccc2)c(C#N)c1. The summed E-state index contributed by atoms with van der Waals surface area (Å²) in [6.45, 7) is 0.288. The van der Waals surface area contributed by atoms with E-state index in [1.165, 1.54) is 7.11 Å². The molecule has 0 aliphatic heterocycles. The normalized spacial score (nSPS) is 9.89. The van der Waals surface area contributed by atoms with Crippen LogP contribution in [-0.2, 0) is 16.4 Å². The van der Waals surface area contributed by atoms with Gasteiger partial charge in [-0.2, -0.15) is 5.26 Å². The van der Waals surface area contributed by atoms with Gasteiger partial charge >= 0.3 is 0 Å². The Hall–Kier alpha value is -2.35. The highest BCUT2D eigenvalue weighted by Crippen LogP contribution is 2.25. The van der Waals surface area contributed by atoms with Crippen LogP contribution in [0.4, 0.5) is 0 Å². The summed E-state index contributed by atoms with van der Waals surface area (Å²) >= 11 is 0. The first kappa shape index (κ1) is 13.1. The Balaban J connectivity index is 2.19. The fourth-order valence-electron chi connectivity index (χ4n) is 1.59. The lowest BCUT2D eigenvalue weighted by molar-refractivity contribution is -0.282. The summed E-state index contributed by atoms with van der Waals surface area (Å²) in [6, 6.07) is 16.7. The monoisotopic (exact) mass is 255 g/mol. The number of benzene rings is 2. The fraction of sp³-hybridized carbons (Fsp3) is 0.133. The second-order valence-electron chi connectivity index (χ2n) is 3.79. The summed E-state index contributed by atoms with van der Waals surface area (Å²) in [7, 11) is 1.44. The van der Waals surface area contributed by atoms with Crippen molar-refractivity contribution in [2.75, 3.05) is 7.11 Å². The van der Waals surface area contributed by atoms with Crippen LogP contribution in [0.25, 0.3) is 0 Å². The topological polar surface area (TPSA) is 51.5 Å². The van der Waals surface area contributed by atoms with E-state index in [2.05, 4.69) is 11.0 Å². The molecule has 0 aliphatic rings. The van der Waals surface area contributed by atoms with E-state index in [9.17, 15) is 0 Å². The van der Waals surface area contributed by atoms with Crippen molar-refractivity contribution in [2.45, 2.75) is 6.61 Å². The largest absolute Gasteiger partial charge is 0.456 e. The van der Waals surface area contributed by atoms with E-state index in [1.807, 2.05) is 36.4 Å². The van der Waals surface area contributed by atoms with Crippen LogP contribution in [0.1, 0.15) is 11.1 Å². The fourth-order valence-corrected chi connectivity index (χ4v) is 1.59. The van der Waals surface area contributed by atoms with E-state index in [1.54, 1.807) is 12.1 Å². The van der Waals surface area contributed by atoms with Crippen LogP contribution in [-0.4, -0.2) is 7.11 Å². The van der Waals surface area contributed by atoms with Gasteiger partial charge in [-0.3, -0.25) is 0 Å². The maximum absolute atomic E-state index is 9.14. The third-order valence-electron chi connectivity index (χ3n) is 2.48. The molecule has 2 aromatic rings. The second kappa shape index (κ2) is 6.55. The number of nitrogens with zero attached hydrogens (tertiary/aromatic N) is 1. The third kappa shape index (κ3) is 3.55. The molecule has 0 spiro atoms. The minimum Gasteiger partial charge on any atom is -0.456 e. The maximum Gasteiger partial charge on any atom is 0.145 e. The Morgan fingerprint density at radius 1 is 1.11 bits per heavy atom. The molecule has 0 fully saturated rings. The molecule has 2 aromatic carbocycles. The molecular weight excluding hydrogens is 242 g/mol. The van der Waals surface area contributed by atoms with Gasteiger partial charge in [0.2, 0.25) is 0 Å². The van der Waals surface area contributed by atoms with Crippen LogP contribution in [0.3, 0.4) is 0 Å². The van der Waals surface area contributed by atoms with Gasteiger partial charge in [-0.05, 0) is 29.8 Å². The van der Waals surface area contributed by atoms with E-state index in [4.69, 9.17) is 14.9 Å². The van der Waals surface area contributed by atoms with Crippen LogP contribution in [0.2, 0.25) is 0 Å². The summed E-state index contributed by atoms with van der Waals surface area (Å²) in [4.78, 5) is 9.36. The molecule has 0 N–H and O–H groups in total. The third-order valence-corrected chi connectivity index (χ3v) is 2.48. The van der Waals surface area contributed by atoms with Crippen LogP contribution < -0.4 is 4.74 Å². The minimum atomic E-state index is 0.288. The van der Waals surface area contributed by atoms with Crippen molar-refractivity contribution in [3.8, 4) is 17.6 Å². The molecule has 0 atom stereocenters. The highest BCUT2D eigenvalue weighted by molar-refractivity contribution is 5.47. The Morgan fingerprint density at radius 3 is 2.58 bits per heavy atom. The second-order valence-corrected chi connectivity index (χ2v) is 3.79. The lowest BCUT2D eigenvalue weighted by Crippen LogP contribution is -1.94. The van der Waals surface area contributed by atoms with E-state index in [0.29, 0.717) is 17.1 Å². The Bertz CT molecular complexity index is 576. The molecule has 19 heavy (non-hydrogen) atoms. The number of hydrogen-bond acceptors (Lipinski definition) is 4. The van der Waals surface area contributed by atoms with Crippen LogP contribution in [0.15, 0.2) is 48.5 Å². The van der Waals surface area contributed by atoms with E-state index in [0.717, 1.165) is 5.56 Å². The van der Waals surface area contributed by atoms with E-state index < -0.39 is 0 Å². The number of ether oxygens (including phenoxy) is 1. The van der Waals surface area contributed by atoms with Crippen LogP contribution in [0, 0.1) is 11.3 Å². The first-order valence-electron chi connectivity index (χ1n) is 5.75. The molecule has 0 bridgehead atoms. The van der Waals surface area contributed by atoms with Gasteiger partial charge in [0.25, 0.3) is 0 Å². The first-order valence-corrected chi connectivity index (χ1v) is 5.75. The van der Waals surface area contributed by atoms with Crippen LogP contribution >= 0.6 is 0 Å². The number of nitriles is 1. The van der Waals surface area contributed by atoms with Gasteiger partial charge in [-0.1, -0.05) is 24.3 Å². The Kier molecular flexibility index (Phi) is 4.51. The standard InChI is InChI=1S/C15H13NO3/c1-17-18-11-12-7-8-15(13(9-12)10-16)19-14-5-3-2-4-6-14/h2-9H,11H2,1H3. The van der Waals surface area contributed by atoms with Gasteiger partial charge in [-0.15, -0.1) is 0 Å². The molecule has 0 saturated heterocycles. The smallest absolute Gasteiger partial charge is 0.145 e. The molecular formula is C15H13NO3. The Labute approximate surface area is 111 Å². The summed E-state index contributed by atoms with van der Waals surface area (Å²) in [5.41, 5.74) is 1.31. The van der Waals surface area contributed by atoms with Crippen molar-refractivity contribution in [2.24, 2.45) is 0 Å². The van der Waals surface area contributed by atoms with E-state index >= 15 is 0 Å². The van der Waals surface area contributed by atoms with Gasteiger partial charge in [0, 0.05) is 0 Å². The van der Waals surface area contributed by atoms with Gasteiger partial charge in [0.1, 0.15) is 24.2 Å². The average Bonchev–Trinajstić information content (AvgIpc) is 2.47. The predicted molar refractivity (Wildman–Crippen MR) is 69.5 cm³/mol. The highest BCUT2D eigenvalue weighted by atomic mass is 17.2. The van der Waals surface area contributed by atoms with Crippen molar-refractivity contribution in [1.29, 1.82) is 5.26 Å². The molecule has 0 heterocycles. The van der Waals surface area contributed by atoms with Crippen molar-refractivity contribution in [3.05, 3.63) is 59.7 Å². The van der Waals surface area contributed by atoms with Crippen molar-refractivity contribution < 1.29 is 14.5 Å². The maximum atomic E-state index is 9.14. The molecule has 0 saturated carbocycles. The summed E-state index contributed by atoms with van der Waals surface area (Å²) in [6.07, 6.45) is 0. The summed E-state index contributed by atoms with van der Waals surface area (Å²) in [5, 5.41) is 9.14. The summed E-state index contributed by atoms with van der Waals surface area (Å²) < 4.78 is 5.67. The lowest BCUT2D eigenvalue weighted by Gasteiger charge is -2.08. The molecule has 0 unspecified atom stereocenters. The minimum absolute atomic E-state index is 0.288. The van der Waals surface area contributed by atoms with Crippen molar-refractivity contribution >= 4 is 0 Å². The quantitative estimate of drug-likeness (QED) is 0.606. The molecule has 96 valence electrons. The van der Waals surface area contributed by atoms with Crippen molar-refractivity contribution in [1.82, 2.24) is 0 Å². The predicted octanol–water partition coefficient (Wildman–Crippen LogP) is 3.43. The molecule has 2 rings (SSSR count). The molecule has 0 aliphatic carbocycles. The zero-order valence-corrected chi connectivity index (χ0v) is 10.5.